The van der Waals surface area contributed by atoms with Gasteiger partial charge in [0.15, 0.2) is 5.78 Å². The molecule has 1 aliphatic carbocycles. The van der Waals surface area contributed by atoms with Crippen molar-refractivity contribution in [3.63, 3.8) is 0 Å². The summed E-state index contributed by atoms with van der Waals surface area (Å²) in [5.41, 5.74) is 4.96. The number of hydrogen-bond donors (Lipinski definition) is 1. The summed E-state index contributed by atoms with van der Waals surface area (Å²) in [5.74, 6) is 0.370. The van der Waals surface area contributed by atoms with Crippen molar-refractivity contribution in [1.29, 1.82) is 0 Å². The van der Waals surface area contributed by atoms with E-state index in [9.17, 15) is 9.59 Å². The highest BCUT2D eigenvalue weighted by Gasteiger charge is 2.42. The molecule has 0 aromatic heterocycles. The van der Waals surface area contributed by atoms with Crippen LogP contribution in [0, 0.1) is 0 Å². The van der Waals surface area contributed by atoms with Crippen LogP contribution in [-0.2, 0) is 4.79 Å². The van der Waals surface area contributed by atoms with Gasteiger partial charge in [0.05, 0.1) is 24.5 Å². The lowest BCUT2D eigenvalue weighted by Gasteiger charge is -2.35. The number of nitrogens with zero attached hydrogens (tertiary/aromatic N) is 1. The molecule has 5 nitrogen and oxygen atoms in total. The predicted molar refractivity (Wildman–Crippen MR) is 160 cm³/mol. The Morgan fingerprint density at radius 2 is 1.57 bits per heavy atom. The fraction of sp³-hybridized carbons (Fsp3) is 0.152. The van der Waals surface area contributed by atoms with E-state index in [1.54, 1.807) is 48.4 Å². The van der Waals surface area contributed by atoms with Gasteiger partial charge in [-0.1, -0.05) is 65.7 Å². The van der Waals surface area contributed by atoms with Crippen molar-refractivity contribution < 1.29 is 14.3 Å². The number of Topliss-reactive ketones (excluding diaryl/α,β-unsaturated/α-hetero) is 1. The minimum Gasteiger partial charge on any atom is -0.497 e. The smallest absolute Gasteiger partial charge is 0.259 e. The molecule has 4 aromatic rings. The van der Waals surface area contributed by atoms with E-state index in [4.69, 9.17) is 27.9 Å². The second-order valence-corrected chi connectivity index (χ2v) is 10.9. The fourth-order valence-electron chi connectivity index (χ4n) is 5.66. The van der Waals surface area contributed by atoms with Gasteiger partial charge in [-0.2, -0.15) is 0 Å². The highest BCUT2D eigenvalue weighted by atomic mass is 35.5. The van der Waals surface area contributed by atoms with Crippen LogP contribution < -0.4 is 15.0 Å². The van der Waals surface area contributed by atoms with Crippen molar-refractivity contribution in [3.8, 4) is 5.75 Å². The highest BCUT2D eigenvalue weighted by molar-refractivity contribution is 6.31. The number of rotatable bonds is 4. The Hall–Kier alpha value is -4.06. The number of carbonyl (C=O) groups is 2. The number of halogens is 2. The largest absolute Gasteiger partial charge is 0.497 e. The van der Waals surface area contributed by atoms with Gasteiger partial charge in [-0.15, -0.1) is 0 Å². The van der Waals surface area contributed by atoms with E-state index in [0.717, 1.165) is 16.8 Å². The second kappa shape index (κ2) is 10.8. The lowest BCUT2D eigenvalue weighted by molar-refractivity contribution is -0.116. The molecule has 2 atom stereocenters. The van der Waals surface area contributed by atoms with Crippen LogP contribution in [0.4, 0.5) is 11.4 Å². The molecule has 1 heterocycles. The van der Waals surface area contributed by atoms with Crippen LogP contribution in [0.5, 0.6) is 5.75 Å². The van der Waals surface area contributed by atoms with Crippen molar-refractivity contribution in [2.75, 3.05) is 17.3 Å². The molecule has 4 aromatic carbocycles. The van der Waals surface area contributed by atoms with Gasteiger partial charge in [0, 0.05) is 33.3 Å². The van der Waals surface area contributed by atoms with E-state index < -0.39 is 6.04 Å². The average molecular weight is 569 g/mol. The van der Waals surface area contributed by atoms with Crippen molar-refractivity contribution in [1.82, 2.24) is 0 Å². The highest BCUT2D eigenvalue weighted by Crippen LogP contribution is 2.48. The Labute approximate surface area is 243 Å². The van der Waals surface area contributed by atoms with E-state index in [-0.39, 0.29) is 17.6 Å². The Kier molecular flexibility index (Phi) is 7.09. The van der Waals surface area contributed by atoms with Gasteiger partial charge in [-0.25, -0.2) is 0 Å². The minimum absolute atomic E-state index is 0.00654. The number of fused-ring (bicyclic) bond motifs is 1. The molecular formula is C33H26Cl2N2O3. The molecular weight excluding hydrogens is 543 g/mol. The molecule has 0 saturated carbocycles. The van der Waals surface area contributed by atoms with Crippen molar-refractivity contribution in [3.05, 3.63) is 135 Å². The fourth-order valence-corrected chi connectivity index (χ4v) is 5.96. The quantitative estimate of drug-likeness (QED) is 0.269. The van der Waals surface area contributed by atoms with Gasteiger partial charge in [-0.05, 0) is 78.1 Å². The normalized spacial score (nSPS) is 18.4. The summed E-state index contributed by atoms with van der Waals surface area (Å²) < 4.78 is 5.54. The molecule has 0 radical (unpaired) electrons. The molecule has 1 amide bonds. The molecule has 7 heteroatoms. The maximum atomic E-state index is 14.4. The Morgan fingerprint density at radius 3 is 2.33 bits per heavy atom. The summed E-state index contributed by atoms with van der Waals surface area (Å²) in [6.45, 7) is 0. The summed E-state index contributed by atoms with van der Waals surface area (Å²) >= 11 is 12.6. The third-order valence-electron chi connectivity index (χ3n) is 7.53. The molecule has 0 spiro atoms. The van der Waals surface area contributed by atoms with Crippen molar-refractivity contribution in [2.24, 2.45) is 0 Å². The van der Waals surface area contributed by atoms with Crippen LogP contribution in [-0.4, -0.2) is 18.8 Å². The standard InChI is InChI=1S/C33H26Cl2N2O3/c1-40-26-9-5-8-22(16-26)32-31-28(17-23(18-30(31)38)20-6-3-2-4-7-20)36-27-19-25(35)14-15-29(27)37(32)33(39)21-10-12-24(34)13-11-21/h2-16,19,23,32,36H,17-18H2,1H3. The molecule has 200 valence electrons. The van der Waals surface area contributed by atoms with Crippen molar-refractivity contribution >= 4 is 46.3 Å². The first kappa shape index (κ1) is 26.2. The zero-order valence-corrected chi connectivity index (χ0v) is 23.2. The summed E-state index contributed by atoms with van der Waals surface area (Å²) in [6.07, 6.45) is 0.950. The van der Waals surface area contributed by atoms with Crippen LogP contribution in [0.15, 0.2) is 108 Å². The Morgan fingerprint density at radius 1 is 0.850 bits per heavy atom. The molecule has 1 aliphatic heterocycles. The Bertz CT molecular complexity index is 1630. The van der Waals surface area contributed by atoms with Crippen LogP contribution in [0.3, 0.4) is 0 Å². The number of ether oxygens (including phenoxy) is 1. The van der Waals surface area contributed by atoms with E-state index in [2.05, 4.69) is 17.4 Å². The van der Waals surface area contributed by atoms with E-state index >= 15 is 0 Å². The van der Waals surface area contributed by atoms with Crippen LogP contribution in [0.25, 0.3) is 0 Å². The first-order chi connectivity index (χ1) is 19.4. The number of benzene rings is 4. The van der Waals surface area contributed by atoms with E-state index in [1.807, 2.05) is 48.5 Å². The molecule has 0 bridgehead atoms. The monoisotopic (exact) mass is 568 g/mol. The zero-order chi connectivity index (χ0) is 27.8. The van der Waals surface area contributed by atoms with E-state index in [1.165, 1.54) is 0 Å². The first-order valence-corrected chi connectivity index (χ1v) is 13.8. The molecule has 6 rings (SSSR count). The molecule has 0 saturated heterocycles. The molecule has 2 unspecified atom stereocenters. The van der Waals surface area contributed by atoms with Crippen LogP contribution in [0.2, 0.25) is 10.0 Å². The zero-order valence-electron chi connectivity index (χ0n) is 21.7. The number of anilines is 2. The maximum absolute atomic E-state index is 14.4. The summed E-state index contributed by atoms with van der Waals surface area (Å²) in [4.78, 5) is 30.2. The SMILES string of the molecule is COc1cccc(C2C3=C(CC(c4ccccc4)CC3=O)Nc3cc(Cl)ccc3N2C(=O)c2ccc(Cl)cc2)c1. The number of methoxy groups -OCH3 is 1. The number of nitrogens with one attached hydrogen (secondary N) is 1. The molecule has 40 heavy (non-hydrogen) atoms. The van der Waals surface area contributed by atoms with Gasteiger partial charge < -0.3 is 10.1 Å². The molecule has 2 aliphatic rings. The number of allylic oxidation sites excluding steroid dienone is 1. The van der Waals surface area contributed by atoms with Gasteiger partial charge in [0.25, 0.3) is 5.91 Å². The van der Waals surface area contributed by atoms with Crippen LogP contribution in [0.1, 0.15) is 46.3 Å². The molecule has 1 N–H and O–H groups in total. The number of hydrogen-bond acceptors (Lipinski definition) is 4. The summed E-state index contributed by atoms with van der Waals surface area (Å²) in [6, 6.07) is 29.1. The van der Waals surface area contributed by atoms with Gasteiger partial charge in [0.1, 0.15) is 5.75 Å². The predicted octanol–water partition coefficient (Wildman–Crippen LogP) is 8.22. The Balaban J connectivity index is 1.59. The molecule has 0 fully saturated rings. The van der Waals surface area contributed by atoms with Crippen molar-refractivity contribution in [2.45, 2.75) is 24.8 Å². The minimum atomic E-state index is -0.701. The van der Waals surface area contributed by atoms with Gasteiger partial charge >= 0.3 is 0 Å². The number of carbonyl (C=O) groups excluding carboxylic acids is 2. The van der Waals surface area contributed by atoms with E-state index in [0.29, 0.717) is 51.1 Å². The number of amides is 1. The average Bonchev–Trinajstić information content (AvgIpc) is 3.12. The number of ketones is 1. The van der Waals surface area contributed by atoms with Crippen LogP contribution >= 0.6 is 23.2 Å². The third-order valence-corrected chi connectivity index (χ3v) is 8.02. The van der Waals surface area contributed by atoms with Gasteiger partial charge in [0.2, 0.25) is 0 Å². The summed E-state index contributed by atoms with van der Waals surface area (Å²) in [7, 11) is 1.60. The first-order valence-electron chi connectivity index (χ1n) is 13.0. The second-order valence-electron chi connectivity index (χ2n) is 9.98. The van der Waals surface area contributed by atoms with Gasteiger partial charge in [-0.3, -0.25) is 14.5 Å². The lowest BCUT2D eigenvalue weighted by atomic mass is 9.78. The third kappa shape index (κ3) is 4.87. The maximum Gasteiger partial charge on any atom is 0.259 e. The topological polar surface area (TPSA) is 58.6 Å². The summed E-state index contributed by atoms with van der Waals surface area (Å²) in [5, 5.41) is 4.59. The lowest BCUT2D eigenvalue weighted by Crippen LogP contribution is -2.38.